The molecule has 0 aliphatic rings. The zero-order valence-electron chi connectivity index (χ0n) is 18.3. The van der Waals surface area contributed by atoms with Crippen LogP contribution in [0.2, 0.25) is 0 Å². The maximum Gasteiger partial charge on any atom is 0.336 e. The van der Waals surface area contributed by atoms with Crippen molar-refractivity contribution in [1.82, 2.24) is 10.2 Å². The highest BCUT2D eigenvalue weighted by molar-refractivity contribution is 7.17. The molecule has 0 atom stereocenters. The summed E-state index contributed by atoms with van der Waals surface area (Å²) in [6.45, 7) is 0. The van der Waals surface area contributed by atoms with E-state index in [0.717, 1.165) is 22.3 Å². The fourth-order valence-electron chi connectivity index (χ4n) is 3.90. The van der Waals surface area contributed by atoms with Crippen molar-refractivity contribution in [2.24, 2.45) is 0 Å². The highest BCUT2D eigenvalue weighted by Crippen LogP contribution is 2.36. The molecule has 7 heteroatoms. The number of carboxylic acids is 2. The predicted molar refractivity (Wildman–Crippen MR) is 136 cm³/mol. The van der Waals surface area contributed by atoms with Crippen LogP contribution < -0.4 is 0 Å². The van der Waals surface area contributed by atoms with Gasteiger partial charge in [0.05, 0.1) is 11.1 Å². The Morgan fingerprint density at radius 3 is 1.31 bits per heavy atom. The summed E-state index contributed by atoms with van der Waals surface area (Å²) in [4.78, 5) is 23.6. The van der Waals surface area contributed by atoms with E-state index in [4.69, 9.17) is 0 Å². The summed E-state index contributed by atoms with van der Waals surface area (Å²) in [7, 11) is 0. The van der Waals surface area contributed by atoms with Gasteiger partial charge in [0, 0.05) is 11.1 Å². The van der Waals surface area contributed by atoms with E-state index in [1.165, 1.54) is 11.3 Å². The molecule has 0 amide bonds. The molecule has 1 heterocycles. The lowest BCUT2D eigenvalue weighted by molar-refractivity contribution is 0.0687. The molecular formula is C28H18N2O4S. The van der Waals surface area contributed by atoms with Crippen molar-refractivity contribution >= 4 is 23.3 Å². The van der Waals surface area contributed by atoms with Gasteiger partial charge in [-0.05, 0) is 46.5 Å². The molecular weight excluding hydrogens is 460 g/mol. The SMILES string of the molecule is O=C(O)c1ccc(-c2nnc(-c3ccc(C(=O)O)c(-c4ccccc4)c3)s2)cc1-c1ccccc1. The summed E-state index contributed by atoms with van der Waals surface area (Å²) >= 11 is 1.36. The Kier molecular flexibility index (Phi) is 5.91. The molecule has 35 heavy (non-hydrogen) atoms. The average molecular weight is 479 g/mol. The Hall–Kier alpha value is -4.62. The largest absolute Gasteiger partial charge is 0.478 e. The molecule has 0 unspecified atom stereocenters. The summed E-state index contributed by atoms with van der Waals surface area (Å²) in [6, 6.07) is 28.9. The van der Waals surface area contributed by atoms with Crippen LogP contribution >= 0.6 is 11.3 Å². The maximum atomic E-state index is 11.8. The van der Waals surface area contributed by atoms with Gasteiger partial charge in [0.25, 0.3) is 0 Å². The fraction of sp³-hybridized carbons (Fsp3) is 0. The first-order valence-corrected chi connectivity index (χ1v) is 11.5. The minimum absolute atomic E-state index is 0.210. The number of rotatable bonds is 6. The van der Waals surface area contributed by atoms with E-state index in [1.807, 2.05) is 72.8 Å². The van der Waals surface area contributed by atoms with Gasteiger partial charge in [-0.25, -0.2) is 9.59 Å². The maximum absolute atomic E-state index is 11.8. The molecule has 5 rings (SSSR count). The van der Waals surface area contributed by atoms with E-state index in [2.05, 4.69) is 10.2 Å². The van der Waals surface area contributed by atoms with E-state index in [0.29, 0.717) is 21.1 Å². The molecule has 0 aliphatic heterocycles. The molecule has 0 bridgehead atoms. The van der Waals surface area contributed by atoms with Crippen LogP contribution in [0.15, 0.2) is 97.1 Å². The second-order valence-corrected chi connectivity index (χ2v) is 8.75. The van der Waals surface area contributed by atoms with Crippen molar-refractivity contribution in [2.45, 2.75) is 0 Å². The number of nitrogens with zero attached hydrogens (tertiary/aromatic N) is 2. The minimum Gasteiger partial charge on any atom is -0.478 e. The number of aromatic nitrogens is 2. The Balaban J connectivity index is 1.56. The van der Waals surface area contributed by atoms with Crippen molar-refractivity contribution < 1.29 is 19.8 Å². The number of hydrogen-bond donors (Lipinski definition) is 2. The minimum atomic E-state index is -1.000. The predicted octanol–water partition coefficient (Wildman–Crippen LogP) is 6.60. The van der Waals surface area contributed by atoms with E-state index in [1.54, 1.807) is 24.3 Å². The monoisotopic (exact) mass is 478 g/mol. The average Bonchev–Trinajstić information content (AvgIpc) is 3.39. The fourth-order valence-corrected chi connectivity index (χ4v) is 4.73. The molecule has 0 aliphatic carbocycles. The summed E-state index contributed by atoms with van der Waals surface area (Å²) < 4.78 is 0. The number of benzene rings is 4. The van der Waals surface area contributed by atoms with Gasteiger partial charge in [-0.15, -0.1) is 10.2 Å². The lowest BCUT2D eigenvalue weighted by Gasteiger charge is -2.08. The third kappa shape index (κ3) is 4.45. The van der Waals surface area contributed by atoms with Gasteiger partial charge in [-0.3, -0.25) is 0 Å². The summed E-state index contributed by atoms with van der Waals surface area (Å²) in [5, 5.41) is 29.3. The van der Waals surface area contributed by atoms with Gasteiger partial charge < -0.3 is 10.2 Å². The first-order valence-electron chi connectivity index (χ1n) is 10.7. The molecule has 2 N–H and O–H groups in total. The number of carboxylic acid groups (broad SMARTS) is 2. The third-order valence-corrected chi connectivity index (χ3v) is 6.61. The smallest absolute Gasteiger partial charge is 0.336 e. The molecule has 5 aromatic rings. The molecule has 1 aromatic heterocycles. The van der Waals surface area contributed by atoms with Crippen molar-refractivity contribution in [3.8, 4) is 43.4 Å². The Labute approximate surface area is 204 Å². The van der Waals surface area contributed by atoms with Gasteiger partial charge in [-0.2, -0.15) is 0 Å². The molecule has 0 spiro atoms. The normalized spacial score (nSPS) is 10.7. The van der Waals surface area contributed by atoms with E-state index >= 15 is 0 Å². The molecule has 0 saturated heterocycles. The van der Waals surface area contributed by atoms with Crippen molar-refractivity contribution in [3.05, 3.63) is 108 Å². The zero-order valence-corrected chi connectivity index (χ0v) is 19.1. The number of carbonyl (C=O) groups is 2. The standard InChI is InChI=1S/C28H18N2O4S/c31-27(32)21-13-11-19(15-23(21)17-7-3-1-4-8-17)25-29-30-26(35-25)20-12-14-22(28(33)34)24(16-20)18-9-5-2-6-10-18/h1-16H,(H,31,32)(H,33,34). The quantitative estimate of drug-likeness (QED) is 0.285. The lowest BCUT2D eigenvalue weighted by atomic mass is 9.97. The third-order valence-electron chi connectivity index (χ3n) is 5.59. The van der Waals surface area contributed by atoms with E-state index < -0.39 is 11.9 Å². The molecule has 0 fully saturated rings. The van der Waals surface area contributed by atoms with Crippen molar-refractivity contribution in [3.63, 3.8) is 0 Å². The van der Waals surface area contributed by atoms with Gasteiger partial charge in [0.1, 0.15) is 10.0 Å². The van der Waals surface area contributed by atoms with Gasteiger partial charge in [-0.1, -0.05) is 84.1 Å². The van der Waals surface area contributed by atoms with Crippen LogP contribution in [0.25, 0.3) is 43.4 Å². The number of hydrogen-bond acceptors (Lipinski definition) is 5. The highest BCUT2D eigenvalue weighted by atomic mass is 32.1. The second-order valence-electron chi connectivity index (χ2n) is 7.78. The highest BCUT2D eigenvalue weighted by Gasteiger charge is 2.17. The summed E-state index contributed by atoms with van der Waals surface area (Å²) in [6.07, 6.45) is 0. The van der Waals surface area contributed by atoms with Crippen LogP contribution in [0.3, 0.4) is 0 Å². The molecule has 4 aromatic carbocycles. The Bertz CT molecular complexity index is 1430. The summed E-state index contributed by atoms with van der Waals surface area (Å²) in [5.41, 5.74) is 4.73. The number of aromatic carboxylic acids is 2. The Morgan fingerprint density at radius 2 is 0.943 bits per heavy atom. The first kappa shape index (κ1) is 22.2. The van der Waals surface area contributed by atoms with Crippen LogP contribution in [-0.2, 0) is 0 Å². The molecule has 0 radical (unpaired) electrons. The second kappa shape index (κ2) is 9.32. The van der Waals surface area contributed by atoms with Crippen LogP contribution in [0, 0.1) is 0 Å². The first-order chi connectivity index (χ1) is 17.0. The van der Waals surface area contributed by atoms with E-state index in [-0.39, 0.29) is 11.1 Å². The van der Waals surface area contributed by atoms with E-state index in [9.17, 15) is 19.8 Å². The van der Waals surface area contributed by atoms with Crippen LogP contribution in [-0.4, -0.2) is 32.3 Å². The van der Waals surface area contributed by atoms with Gasteiger partial charge >= 0.3 is 11.9 Å². The topological polar surface area (TPSA) is 100 Å². The molecule has 170 valence electrons. The van der Waals surface area contributed by atoms with Crippen LogP contribution in [0.5, 0.6) is 0 Å². The van der Waals surface area contributed by atoms with Crippen LogP contribution in [0.1, 0.15) is 20.7 Å². The summed E-state index contributed by atoms with van der Waals surface area (Å²) in [5.74, 6) is -2.00. The van der Waals surface area contributed by atoms with Gasteiger partial charge in [0.2, 0.25) is 0 Å². The van der Waals surface area contributed by atoms with Crippen molar-refractivity contribution in [2.75, 3.05) is 0 Å². The molecule has 6 nitrogen and oxygen atoms in total. The zero-order chi connectivity index (χ0) is 24.4. The lowest BCUT2D eigenvalue weighted by Crippen LogP contribution is -1.99. The van der Waals surface area contributed by atoms with Gasteiger partial charge in [0.15, 0.2) is 0 Å². The van der Waals surface area contributed by atoms with Crippen LogP contribution in [0.4, 0.5) is 0 Å². The molecule has 0 saturated carbocycles. The Morgan fingerprint density at radius 1 is 0.543 bits per heavy atom. The van der Waals surface area contributed by atoms with Crippen molar-refractivity contribution in [1.29, 1.82) is 0 Å².